The summed E-state index contributed by atoms with van der Waals surface area (Å²) in [7, 11) is -2.45. The molecule has 140 valence electrons. The Morgan fingerprint density at radius 2 is 2.04 bits per heavy atom. The predicted molar refractivity (Wildman–Crippen MR) is 98.9 cm³/mol. The minimum absolute atomic E-state index is 0.0355. The van der Waals surface area contributed by atoms with Gasteiger partial charge in [0.25, 0.3) is 0 Å². The smallest absolute Gasteiger partial charge is 0.215 e. The van der Waals surface area contributed by atoms with Gasteiger partial charge in [-0.2, -0.15) is 4.79 Å². The van der Waals surface area contributed by atoms with Gasteiger partial charge in [-0.3, -0.25) is 5.01 Å². The van der Waals surface area contributed by atoms with Crippen molar-refractivity contribution in [3.8, 4) is 0 Å². The Balaban J connectivity index is 2.28. The van der Waals surface area contributed by atoms with Gasteiger partial charge in [0.2, 0.25) is 14.9 Å². The van der Waals surface area contributed by atoms with Crippen molar-refractivity contribution in [2.75, 3.05) is 24.4 Å². The molecule has 0 amide bonds. The third kappa shape index (κ3) is 4.57. The summed E-state index contributed by atoms with van der Waals surface area (Å²) in [4.78, 5) is 11.6. The van der Waals surface area contributed by atoms with Crippen LogP contribution in [0.4, 0.5) is 4.39 Å². The van der Waals surface area contributed by atoms with Gasteiger partial charge in [0, 0.05) is 7.05 Å². The average Bonchev–Trinajstić information content (AvgIpc) is 2.93. The van der Waals surface area contributed by atoms with Crippen LogP contribution in [0.25, 0.3) is 6.08 Å². The van der Waals surface area contributed by atoms with Crippen molar-refractivity contribution >= 4 is 22.2 Å². The summed E-state index contributed by atoms with van der Waals surface area (Å²) in [5.74, 6) is -1.28. The van der Waals surface area contributed by atoms with E-state index >= 15 is 0 Å². The van der Waals surface area contributed by atoms with Crippen LogP contribution in [0.2, 0.25) is 0 Å². The minimum atomic E-state index is -3.95. The van der Waals surface area contributed by atoms with Gasteiger partial charge in [-0.1, -0.05) is 35.4 Å². The summed E-state index contributed by atoms with van der Waals surface area (Å²) in [5.41, 5.74) is 3.65. The van der Waals surface area contributed by atoms with E-state index in [1.54, 1.807) is 13.0 Å². The van der Waals surface area contributed by atoms with E-state index in [0.29, 0.717) is 11.9 Å². The number of nitrogens with zero attached hydrogens (tertiary/aromatic N) is 3. The number of carbonyl (C=O) groups is 1. The Labute approximate surface area is 152 Å². The van der Waals surface area contributed by atoms with Crippen LogP contribution < -0.4 is 5.01 Å². The van der Waals surface area contributed by atoms with Gasteiger partial charge in [0.05, 0.1) is 18.5 Å². The predicted octanol–water partition coefficient (Wildman–Crippen LogP) is 2.28. The second kappa shape index (κ2) is 7.82. The fourth-order valence-corrected chi connectivity index (χ4v) is 3.94. The van der Waals surface area contributed by atoms with Crippen LogP contribution in [0.1, 0.15) is 23.6 Å². The molecule has 0 bridgehead atoms. The Bertz CT molecular complexity index is 949. The van der Waals surface area contributed by atoms with E-state index in [1.807, 2.05) is 32.0 Å². The number of likely N-dealkylation sites (N-methyl/N-ethyl adjacent to an activating group) is 1. The third-order valence-corrected chi connectivity index (χ3v) is 5.56. The van der Waals surface area contributed by atoms with E-state index in [4.69, 9.17) is 0 Å². The lowest BCUT2D eigenvalue weighted by Crippen LogP contribution is -2.32. The maximum Gasteiger partial charge on any atom is 0.215 e. The molecule has 0 saturated carbocycles. The van der Waals surface area contributed by atoms with Crippen molar-refractivity contribution in [2.24, 2.45) is 0 Å². The van der Waals surface area contributed by atoms with Crippen LogP contribution in [0.5, 0.6) is 0 Å². The quantitative estimate of drug-likeness (QED) is 0.690. The number of sulfone groups is 1. The molecule has 0 aliphatic rings. The molecular weight excluding hydrogens is 357 g/mol. The first-order chi connectivity index (χ1) is 12.1. The number of aldehydes is 1. The first-order valence-corrected chi connectivity index (χ1v) is 9.66. The molecule has 0 aliphatic carbocycles. The van der Waals surface area contributed by atoms with Gasteiger partial charge in [0.15, 0.2) is 5.82 Å². The molecule has 0 N–H and O–H groups in total. The van der Waals surface area contributed by atoms with Crippen LogP contribution in [0, 0.1) is 19.7 Å². The highest BCUT2D eigenvalue weighted by Crippen LogP contribution is 2.19. The number of rotatable bonds is 7. The molecule has 26 heavy (non-hydrogen) atoms. The van der Waals surface area contributed by atoms with E-state index in [2.05, 4.69) is 5.10 Å². The molecule has 2 aromatic rings. The largest absolute Gasteiger partial charge is 0.301 e. The fraction of sp³-hybridized carbons (Fsp3) is 0.333. The van der Waals surface area contributed by atoms with E-state index in [1.165, 1.54) is 12.1 Å². The van der Waals surface area contributed by atoms with Gasteiger partial charge in [-0.05, 0) is 31.9 Å². The van der Waals surface area contributed by atoms with E-state index < -0.39 is 20.7 Å². The summed E-state index contributed by atoms with van der Waals surface area (Å²) in [6.45, 7) is 5.58. The molecule has 0 spiro atoms. The van der Waals surface area contributed by atoms with Gasteiger partial charge in [-0.15, -0.1) is 5.10 Å². The number of aryl methyl sites for hydroxylation is 2. The van der Waals surface area contributed by atoms with Crippen LogP contribution in [-0.4, -0.2) is 43.9 Å². The summed E-state index contributed by atoms with van der Waals surface area (Å²) in [6.07, 6.45) is 3.34. The van der Waals surface area contributed by atoms with Gasteiger partial charge < -0.3 is 4.79 Å². The van der Waals surface area contributed by atoms with Crippen LogP contribution in [-0.2, 0) is 14.6 Å². The Kier molecular flexibility index (Phi) is 5.97. The molecule has 8 heteroatoms. The average molecular weight is 379 g/mol. The Morgan fingerprint density at radius 3 is 2.65 bits per heavy atom. The number of halogens is 1. The lowest BCUT2D eigenvalue weighted by molar-refractivity contribution is -0.106. The lowest BCUT2D eigenvalue weighted by atomic mass is 10.0. The molecule has 0 unspecified atom stereocenters. The first kappa shape index (κ1) is 19.8. The number of benzene rings is 1. The molecule has 6 nitrogen and oxygen atoms in total. The van der Waals surface area contributed by atoms with Crippen molar-refractivity contribution in [3.63, 3.8) is 0 Å². The summed E-state index contributed by atoms with van der Waals surface area (Å²) < 4.78 is 39.2. The molecule has 2 rings (SSSR count). The van der Waals surface area contributed by atoms with Gasteiger partial charge in [-0.25, -0.2) is 12.8 Å². The standard InChI is InChI=1S/C18H22FN3O3S/c1-13-5-6-16(15(3)9-13)10-14(2)12-26(24,25)18-17(19)11-22(20-18)21(4)7-8-23/h5-6,8-11H,7,12H2,1-4H3. The van der Waals surface area contributed by atoms with Crippen molar-refractivity contribution in [1.82, 2.24) is 9.89 Å². The lowest BCUT2D eigenvalue weighted by Gasteiger charge is -2.14. The minimum Gasteiger partial charge on any atom is -0.301 e. The van der Waals surface area contributed by atoms with Crippen molar-refractivity contribution in [2.45, 2.75) is 25.8 Å². The zero-order valence-electron chi connectivity index (χ0n) is 15.2. The highest BCUT2D eigenvalue weighted by molar-refractivity contribution is 7.91. The number of hydrogen-bond acceptors (Lipinski definition) is 5. The van der Waals surface area contributed by atoms with Gasteiger partial charge >= 0.3 is 0 Å². The fourth-order valence-electron chi connectivity index (χ4n) is 2.57. The molecule has 0 saturated heterocycles. The van der Waals surface area contributed by atoms with Crippen LogP contribution in [0.15, 0.2) is 35.0 Å². The van der Waals surface area contributed by atoms with E-state index in [0.717, 1.165) is 27.7 Å². The van der Waals surface area contributed by atoms with Crippen LogP contribution in [0.3, 0.4) is 0 Å². The highest BCUT2D eigenvalue weighted by Gasteiger charge is 2.25. The highest BCUT2D eigenvalue weighted by atomic mass is 32.2. The molecule has 1 heterocycles. The monoisotopic (exact) mass is 379 g/mol. The van der Waals surface area contributed by atoms with E-state index in [-0.39, 0.29) is 12.3 Å². The SMILES string of the molecule is CC(=Cc1ccc(C)cc1C)CS(=O)(=O)c1nn(N(C)CC=O)cc1F. The molecule has 0 aliphatic heterocycles. The molecular formula is C18H22FN3O3S. The molecule has 1 aromatic carbocycles. The Morgan fingerprint density at radius 1 is 1.35 bits per heavy atom. The number of hydrogen-bond donors (Lipinski definition) is 0. The molecule has 0 radical (unpaired) electrons. The molecule has 0 fully saturated rings. The zero-order valence-corrected chi connectivity index (χ0v) is 16.0. The molecule has 0 atom stereocenters. The Hall–Kier alpha value is -2.48. The second-order valence-electron chi connectivity index (χ2n) is 6.32. The molecule has 1 aromatic heterocycles. The summed E-state index contributed by atoms with van der Waals surface area (Å²) >= 11 is 0. The normalized spacial score (nSPS) is 12.3. The maximum absolute atomic E-state index is 14.1. The van der Waals surface area contributed by atoms with Crippen molar-refractivity contribution in [3.05, 3.63) is 52.5 Å². The summed E-state index contributed by atoms with van der Waals surface area (Å²) in [6, 6.07) is 5.88. The number of carbonyl (C=O) groups excluding carboxylic acids is 1. The second-order valence-corrected chi connectivity index (χ2v) is 8.22. The van der Waals surface area contributed by atoms with E-state index in [9.17, 15) is 17.6 Å². The van der Waals surface area contributed by atoms with Crippen molar-refractivity contribution < 1.29 is 17.6 Å². The topological polar surface area (TPSA) is 72.3 Å². The number of aromatic nitrogens is 2. The summed E-state index contributed by atoms with van der Waals surface area (Å²) in [5, 5.41) is 4.46. The third-order valence-electron chi connectivity index (χ3n) is 3.85. The maximum atomic E-state index is 14.1. The van der Waals surface area contributed by atoms with Gasteiger partial charge in [0.1, 0.15) is 6.29 Å². The van der Waals surface area contributed by atoms with Crippen LogP contribution >= 0.6 is 0 Å². The zero-order chi connectivity index (χ0) is 19.5. The van der Waals surface area contributed by atoms with Crippen molar-refractivity contribution in [1.29, 1.82) is 0 Å². The first-order valence-electron chi connectivity index (χ1n) is 8.01.